The smallest absolute Gasteiger partial charge is 0.387 e. The van der Waals surface area contributed by atoms with E-state index in [4.69, 9.17) is 5.73 Å². The number of hydrogen-bond donors (Lipinski definition) is 2. The Hall–Kier alpha value is -3.23. The van der Waals surface area contributed by atoms with E-state index in [1.54, 1.807) is 0 Å². The van der Waals surface area contributed by atoms with Gasteiger partial charge in [-0.2, -0.15) is 8.78 Å². The SMILES string of the molecule is Nc1c2c(cc(=O)n1-c1ccccc1OC(F)F)C(=O)NC2=O. The summed E-state index contributed by atoms with van der Waals surface area (Å²) in [5.74, 6) is -2.12. The highest BCUT2D eigenvalue weighted by Gasteiger charge is 2.32. The molecular formula is C14H9F2N3O4. The molecule has 2 heterocycles. The van der Waals surface area contributed by atoms with Crippen LogP contribution >= 0.6 is 0 Å². The van der Waals surface area contributed by atoms with Gasteiger partial charge >= 0.3 is 6.61 Å². The fraction of sp³-hybridized carbons (Fsp3) is 0.0714. The van der Waals surface area contributed by atoms with E-state index in [1.807, 2.05) is 5.32 Å². The number of ether oxygens (including phenoxy) is 1. The number of carbonyl (C=O) groups excluding carboxylic acids is 2. The van der Waals surface area contributed by atoms with Crippen molar-refractivity contribution in [1.82, 2.24) is 9.88 Å². The lowest BCUT2D eigenvalue weighted by Crippen LogP contribution is -2.24. The number of hydrogen-bond acceptors (Lipinski definition) is 5. The molecule has 23 heavy (non-hydrogen) atoms. The predicted molar refractivity (Wildman–Crippen MR) is 74.9 cm³/mol. The summed E-state index contributed by atoms with van der Waals surface area (Å²) in [6, 6.07) is 6.40. The summed E-state index contributed by atoms with van der Waals surface area (Å²) < 4.78 is 30.2. The number of alkyl halides is 2. The molecule has 1 aliphatic heterocycles. The van der Waals surface area contributed by atoms with Gasteiger partial charge in [0.25, 0.3) is 17.4 Å². The zero-order valence-corrected chi connectivity index (χ0v) is 11.4. The van der Waals surface area contributed by atoms with Crippen LogP contribution in [-0.4, -0.2) is 23.0 Å². The van der Waals surface area contributed by atoms with E-state index < -0.39 is 24.0 Å². The first kappa shape index (κ1) is 14.7. The topological polar surface area (TPSA) is 103 Å². The molecule has 0 bridgehead atoms. The number of nitrogens with zero attached hydrogens (tertiary/aromatic N) is 1. The Balaban J connectivity index is 2.28. The molecule has 3 rings (SSSR count). The number of nitrogens with one attached hydrogen (secondary N) is 1. The van der Waals surface area contributed by atoms with Crippen LogP contribution in [0.4, 0.5) is 14.6 Å². The molecule has 7 nitrogen and oxygen atoms in total. The largest absolute Gasteiger partial charge is 0.433 e. The van der Waals surface area contributed by atoms with Crippen molar-refractivity contribution in [2.75, 3.05) is 5.73 Å². The summed E-state index contributed by atoms with van der Waals surface area (Å²) in [4.78, 5) is 35.6. The summed E-state index contributed by atoms with van der Waals surface area (Å²) >= 11 is 0. The molecule has 3 N–H and O–H groups in total. The van der Waals surface area contributed by atoms with Crippen molar-refractivity contribution in [3.8, 4) is 11.4 Å². The summed E-state index contributed by atoms with van der Waals surface area (Å²) in [6.45, 7) is -3.10. The minimum absolute atomic E-state index is 0.0646. The first-order chi connectivity index (χ1) is 10.9. The lowest BCUT2D eigenvalue weighted by molar-refractivity contribution is -0.0498. The van der Waals surface area contributed by atoms with Crippen molar-refractivity contribution >= 4 is 17.6 Å². The third-order valence-electron chi connectivity index (χ3n) is 3.28. The van der Waals surface area contributed by atoms with Gasteiger partial charge in [-0.1, -0.05) is 12.1 Å². The van der Waals surface area contributed by atoms with E-state index in [9.17, 15) is 23.2 Å². The second-order valence-electron chi connectivity index (χ2n) is 4.62. The van der Waals surface area contributed by atoms with Gasteiger partial charge in [0.2, 0.25) is 0 Å². The van der Waals surface area contributed by atoms with E-state index in [1.165, 1.54) is 24.3 Å². The maximum absolute atomic E-state index is 12.5. The molecule has 0 aliphatic carbocycles. The molecule has 0 unspecified atom stereocenters. The number of imide groups is 1. The van der Waals surface area contributed by atoms with Gasteiger partial charge in [-0.25, -0.2) is 0 Å². The molecule has 2 aromatic rings. The van der Waals surface area contributed by atoms with Gasteiger partial charge in [-0.05, 0) is 12.1 Å². The third kappa shape index (κ3) is 2.31. The van der Waals surface area contributed by atoms with E-state index in [0.717, 1.165) is 10.6 Å². The van der Waals surface area contributed by atoms with Gasteiger partial charge in [0.1, 0.15) is 11.6 Å². The van der Waals surface area contributed by atoms with Crippen LogP contribution in [-0.2, 0) is 0 Å². The number of fused-ring (bicyclic) bond motifs is 1. The number of para-hydroxylation sites is 2. The molecule has 118 valence electrons. The summed E-state index contributed by atoms with van der Waals surface area (Å²) in [6.07, 6.45) is 0. The molecule has 1 aromatic carbocycles. The standard InChI is InChI=1S/C14H9F2N3O4/c15-14(16)23-8-4-2-1-3-7(8)19-9(20)5-6-10(11(19)17)13(22)18-12(6)21/h1-5,14H,17H2,(H,18,21,22). The van der Waals surface area contributed by atoms with Crippen molar-refractivity contribution in [3.05, 3.63) is 51.8 Å². The highest BCUT2D eigenvalue weighted by atomic mass is 19.3. The molecule has 9 heteroatoms. The van der Waals surface area contributed by atoms with Gasteiger partial charge < -0.3 is 10.5 Å². The first-order valence-corrected chi connectivity index (χ1v) is 6.35. The maximum Gasteiger partial charge on any atom is 0.387 e. The third-order valence-corrected chi connectivity index (χ3v) is 3.28. The number of nitrogen functional groups attached to an aromatic ring is 1. The second-order valence-corrected chi connectivity index (χ2v) is 4.62. The number of benzene rings is 1. The molecule has 0 saturated carbocycles. The molecule has 0 radical (unpaired) electrons. The van der Waals surface area contributed by atoms with Gasteiger partial charge in [0.05, 0.1) is 16.8 Å². The van der Waals surface area contributed by atoms with Crippen LogP contribution in [0.5, 0.6) is 5.75 Å². The number of pyridine rings is 1. The van der Waals surface area contributed by atoms with Crippen molar-refractivity contribution in [2.24, 2.45) is 0 Å². The Morgan fingerprint density at radius 2 is 1.83 bits per heavy atom. The van der Waals surface area contributed by atoms with Gasteiger partial charge in [0, 0.05) is 6.07 Å². The van der Waals surface area contributed by atoms with Crippen molar-refractivity contribution < 1.29 is 23.1 Å². The molecule has 1 aromatic heterocycles. The molecular weight excluding hydrogens is 312 g/mol. The zero-order valence-electron chi connectivity index (χ0n) is 11.4. The highest BCUT2D eigenvalue weighted by Crippen LogP contribution is 2.28. The number of amides is 2. The van der Waals surface area contributed by atoms with Crippen LogP contribution in [0.15, 0.2) is 35.1 Å². The molecule has 1 aliphatic rings. The van der Waals surface area contributed by atoms with Crippen LogP contribution in [0.3, 0.4) is 0 Å². The number of anilines is 1. The van der Waals surface area contributed by atoms with Crippen molar-refractivity contribution in [1.29, 1.82) is 0 Å². The number of nitrogens with two attached hydrogens (primary N) is 1. The van der Waals surface area contributed by atoms with Crippen molar-refractivity contribution in [3.63, 3.8) is 0 Å². The Kier molecular flexibility index (Phi) is 3.32. The molecule has 0 spiro atoms. The quantitative estimate of drug-likeness (QED) is 0.818. The molecule has 0 saturated heterocycles. The Morgan fingerprint density at radius 1 is 1.13 bits per heavy atom. The van der Waals surface area contributed by atoms with Gasteiger partial charge in [-0.15, -0.1) is 0 Å². The summed E-state index contributed by atoms with van der Waals surface area (Å²) in [5, 5.41) is 2.01. The second kappa shape index (κ2) is 5.20. The Bertz CT molecular complexity index is 892. The molecule has 0 atom stereocenters. The maximum atomic E-state index is 12.5. The minimum Gasteiger partial charge on any atom is -0.433 e. The number of carbonyl (C=O) groups is 2. The highest BCUT2D eigenvalue weighted by molar-refractivity contribution is 6.23. The normalized spacial score (nSPS) is 13.2. The van der Waals surface area contributed by atoms with Crippen LogP contribution in [0, 0.1) is 0 Å². The minimum atomic E-state index is -3.10. The van der Waals surface area contributed by atoms with Crippen LogP contribution in [0.25, 0.3) is 5.69 Å². The van der Waals surface area contributed by atoms with Gasteiger partial charge in [0.15, 0.2) is 0 Å². The van der Waals surface area contributed by atoms with Crippen molar-refractivity contribution in [2.45, 2.75) is 6.61 Å². The van der Waals surface area contributed by atoms with Crippen LogP contribution < -0.4 is 21.3 Å². The predicted octanol–water partition coefficient (Wildman–Crippen LogP) is 0.905. The first-order valence-electron chi connectivity index (χ1n) is 6.35. The summed E-state index contributed by atoms with van der Waals surface area (Å²) in [7, 11) is 0. The summed E-state index contributed by atoms with van der Waals surface area (Å²) in [5.41, 5.74) is 4.68. The lowest BCUT2D eigenvalue weighted by atomic mass is 10.1. The van der Waals surface area contributed by atoms with E-state index >= 15 is 0 Å². The van der Waals surface area contributed by atoms with E-state index in [0.29, 0.717) is 0 Å². The Labute approximate surface area is 127 Å². The molecule has 0 fully saturated rings. The fourth-order valence-electron chi connectivity index (χ4n) is 2.37. The number of halogens is 2. The fourth-order valence-corrected chi connectivity index (χ4v) is 2.37. The average molecular weight is 321 g/mol. The van der Waals surface area contributed by atoms with Crippen LogP contribution in [0.1, 0.15) is 20.7 Å². The number of aromatic nitrogens is 1. The van der Waals surface area contributed by atoms with E-state index in [2.05, 4.69) is 4.74 Å². The number of rotatable bonds is 3. The molecule has 2 amide bonds. The monoisotopic (exact) mass is 321 g/mol. The van der Waals surface area contributed by atoms with E-state index in [-0.39, 0.29) is 28.4 Å². The zero-order chi connectivity index (χ0) is 16.7. The Morgan fingerprint density at radius 3 is 2.52 bits per heavy atom. The average Bonchev–Trinajstić information content (AvgIpc) is 2.75. The van der Waals surface area contributed by atoms with Gasteiger partial charge in [-0.3, -0.25) is 24.3 Å². The van der Waals surface area contributed by atoms with Crippen LogP contribution in [0.2, 0.25) is 0 Å². The lowest BCUT2D eigenvalue weighted by Gasteiger charge is -2.15.